The van der Waals surface area contributed by atoms with Crippen LogP contribution in [-0.2, 0) is 0 Å². The highest BCUT2D eigenvalue weighted by Crippen LogP contribution is 2.37. The third kappa shape index (κ3) is 4.50. The molecule has 1 aliphatic carbocycles. The first kappa shape index (κ1) is 21.2. The minimum atomic E-state index is -0.858. The second kappa shape index (κ2) is 8.96. The van der Waals surface area contributed by atoms with Gasteiger partial charge in [-0.1, -0.05) is 49.6 Å². The fourth-order valence-corrected chi connectivity index (χ4v) is 4.10. The lowest BCUT2D eigenvalue weighted by Gasteiger charge is -2.23. The van der Waals surface area contributed by atoms with Gasteiger partial charge in [0.1, 0.15) is 11.6 Å². The quantitative estimate of drug-likeness (QED) is 0.323. The summed E-state index contributed by atoms with van der Waals surface area (Å²) < 4.78 is 48.5. The second-order valence-corrected chi connectivity index (χ2v) is 8.04. The van der Waals surface area contributed by atoms with Gasteiger partial charge in [-0.2, -0.15) is 0 Å². The van der Waals surface area contributed by atoms with E-state index in [1.165, 1.54) is 24.3 Å². The van der Waals surface area contributed by atoms with Crippen molar-refractivity contribution in [2.24, 2.45) is 0 Å². The molecule has 31 heavy (non-hydrogen) atoms. The van der Waals surface area contributed by atoms with Crippen LogP contribution in [0.15, 0.2) is 54.6 Å². The van der Waals surface area contributed by atoms with Gasteiger partial charge in [0.25, 0.3) is 0 Å². The topological polar surface area (TPSA) is 26.3 Å². The number of halogens is 3. The Morgan fingerprint density at radius 3 is 2.26 bits per heavy atom. The third-order valence-corrected chi connectivity index (χ3v) is 5.94. The molecule has 0 bridgehead atoms. The highest BCUT2D eigenvalue weighted by atomic mass is 19.2. The number of rotatable bonds is 4. The van der Waals surface area contributed by atoms with E-state index in [1.807, 2.05) is 0 Å². The van der Waals surface area contributed by atoms with Crippen molar-refractivity contribution < 1.29 is 22.7 Å². The van der Waals surface area contributed by atoms with Gasteiger partial charge in [-0.3, -0.25) is 0 Å². The average molecular weight is 424 g/mol. The van der Waals surface area contributed by atoms with Crippen LogP contribution in [0.3, 0.4) is 0 Å². The smallest absolute Gasteiger partial charge is 0.343 e. The van der Waals surface area contributed by atoms with Crippen molar-refractivity contribution in [2.75, 3.05) is 0 Å². The van der Waals surface area contributed by atoms with Crippen molar-refractivity contribution in [1.82, 2.24) is 0 Å². The fourth-order valence-electron chi connectivity index (χ4n) is 4.10. The van der Waals surface area contributed by atoms with Gasteiger partial charge < -0.3 is 4.74 Å². The average Bonchev–Trinajstić information content (AvgIpc) is 2.78. The van der Waals surface area contributed by atoms with Crippen LogP contribution in [0.4, 0.5) is 13.2 Å². The Morgan fingerprint density at radius 1 is 0.871 bits per heavy atom. The standard InChI is InChI=1S/C26H23F3O2/c1-16-7-8-19(15-23(16)27)26(30)31-20-11-9-18(10-12-20)22-14-13-21(24(28)25(22)29)17-5-3-2-4-6-17/h7-15,17H,2-6H2,1H3. The molecule has 2 nitrogen and oxygen atoms in total. The number of hydrogen-bond acceptors (Lipinski definition) is 2. The second-order valence-electron chi connectivity index (χ2n) is 8.04. The van der Waals surface area contributed by atoms with Crippen molar-refractivity contribution in [3.63, 3.8) is 0 Å². The highest BCUT2D eigenvalue weighted by molar-refractivity contribution is 5.91. The zero-order valence-corrected chi connectivity index (χ0v) is 17.3. The summed E-state index contributed by atoms with van der Waals surface area (Å²) in [6, 6.07) is 13.5. The van der Waals surface area contributed by atoms with Gasteiger partial charge in [-0.25, -0.2) is 18.0 Å². The van der Waals surface area contributed by atoms with E-state index >= 15 is 0 Å². The molecule has 0 spiro atoms. The van der Waals surface area contributed by atoms with Gasteiger partial charge in [0, 0.05) is 5.56 Å². The van der Waals surface area contributed by atoms with E-state index in [9.17, 15) is 18.0 Å². The summed E-state index contributed by atoms with van der Waals surface area (Å²) in [6.07, 6.45) is 5.02. The van der Waals surface area contributed by atoms with Crippen LogP contribution >= 0.6 is 0 Å². The molecule has 0 aliphatic heterocycles. The van der Waals surface area contributed by atoms with Gasteiger partial charge in [0.15, 0.2) is 11.6 Å². The first-order chi connectivity index (χ1) is 14.9. The molecule has 4 rings (SSSR count). The molecular weight excluding hydrogens is 401 g/mol. The summed E-state index contributed by atoms with van der Waals surface area (Å²) in [6.45, 7) is 1.60. The third-order valence-electron chi connectivity index (χ3n) is 5.94. The van der Waals surface area contributed by atoms with Crippen LogP contribution < -0.4 is 4.74 Å². The first-order valence-corrected chi connectivity index (χ1v) is 10.5. The van der Waals surface area contributed by atoms with Gasteiger partial charge in [-0.05, 0) is 66.6 Å². The molecule has 1 saturated carbocycles. The molecule has 0 amide bonds. The van der Waals surface area contributed by atoms with E-state index in [2.05, 4.69) is 0 Å². The Labute approximate surface area is 179 Å². The summed E-state index contributed by atoms with van der Waals surface area (Å²) in [5.41, 5.74) is 1.63. The summed E-state index contributed by atoms with van der Waals surface area (Å²) in [5.74, 6) is -2.51. The van der Waals surface area contributed by atoms with Gasteiger partial charge in [0.05, 0.1) is 5.56 Å². The lowest BCUT2D eigenvalue weighted by Crippen LogP contribution is -2.09. The van der Waals surface area contributed by atoms with E-state index in [-0.39, 0.29) is 22.8 Å². The van der Waals surface area contributed by atoms with Crippen molar-refractivity contribution in [3.05, 3.63) is 88.7 Å². The molecule has 1 fully saturated rings. The summed E-state index contributed by atoms with van der Waals surface area (Å²) in [7, 11) is 0. The predicted octanol–water partition coefficient (Wildman–Crippen LogP) is 7.35. The molecule has 160 valence electrons. The number of benzene rings is 3. The van der Waals surface area contributed by atoms with E-state index in [0.29, 0.717) is 16.7 Å². The van der Waals surface area contributed by atoms with Crippen molar-refractivity contribution >= 4 is 5.97 Å². The van der Waals surface area contributed by atoms with Gasteiger partial charge >= 0.3 is 5.97 Å². The van der Waals surface area contributed by atoms with Crippen LogP contribution in [0.25, 0.3) is 11.1 Å². The van der Waals surface area contributed by atoms with Crippen LogP contribution in [0, 0.1) is 24.4 Å². The molecule has 1 aliphatic rings. The van der Waals surface area contributed by atoms with Crippen molar-refractivity contribution in [2.45, 2.75) is 44.9 Å². The van der Waals surface area contributed by atoms with E-state index in [0.717, 1.165) is 38.2 Å². The van der Waals surface area contributed by atoms with Crippen molar-refractivity contribution in [1.29, 1.82) is 0 Å². The summed E-state index contributed by atoms with van der Waals surface area (Å²) in [4.78, 5) is 12.2. The number of aryl methyl sites for hydroxylation is 1. The molecule has 3 aromatic rings. The Hall–Kier alpha value is -3.08. The van der Waals surface area contributed by atoms with Crippen molar-refractivity contribution in [3.8, 4) is 16.9 Å². The number of carbonyl (C=O) groups is 1. The van der Waals surface area contributed by atoms with Gasteiger partial charge in [-0.15, -0.1) is 0 Å². The first-order valence-electron chi connectivity index (χ1n) is 10.5. The molecule has 0 heterocycles. The Balaban J connectivity index is 1.52. The number of esters is 1. The summed E-state index contributed by atoms with van der Waals surface area (Å²) in [5, 5.41) is 0. The van der Waals surface area contributed by atoms with Crippen LogP contribution in [0.2, 0.25) is 0 Å². The maximum Gasteiger partial charge on any atom is 0.343 e. The molecule has 0 radical (unpaired) electrons. The minimum absolute atomic E-state index is 0.0747. The molecule has 0 atom stereocenters. The number of carbonyl (C=O) groups excluding carboxylic acids is 1. The molecule has 0 N–H and O–H groups in total. The molecule has 5 heteroatoms. The van der Waals surface area contributed by atoms with Crippen LogP contribution in [-0.4, -0.2) is 5.97 Å². The Bertz CT molecular complexity index is 1100. The molecule has 0 saturated heterocycles. The lowest BCUT2D eigenvalue weighted by molar-refractivity contribution is 0.0734. The van der Waals surface area contributed by atoms with Crippen LogP contribution in [0.5, 0.6) is 5.75 Å². The monoisotopic (exact) mass is 424 g/mol. The molecule has 0 unspecified atom stereocenters. The molecule has 3 aromatic carbocycles. The highest BCUT2D eigenvalue weighted by Gasteiger charge is 2.23. The fraction of sp³-hybridized carbons (Fsp3) is 0.269. The number of ether oxygens (including phenoxy) is 1. The predicted molar refractivity (Wildman–Crippen MR) is 114 cm³/mol. The normalized spacial score (nSPS) is 14.5. The Morgan fingerprint density at radius 2 is 1.58 bits per heavy atom. The van der Waals surface area contributed by atoms with E-state index in [1.54, 1.807) is 31.2 Å². The zero-order chi connectivity index (χ0) is 22.0. The maximum atomic E-state index is 14.8. The largest absolute Gasteiger partial charge is 0.423 e. The molecular formula is C26H23F3O2. The molecule has 0 aromatic heterocycles. The SMILES string of the molecule is Cc1ccc(C(=O)Oc2ccc(-c3ccc(C4CCCCC4)c(F)c3F)cc2)cc1F. The minimum Gasteiger partial charge on any atom is -0.423 e. The lowest BCUT2D eigenvalue weighted by atomic mass is 9.83. The number of hydrogen-bond donors (Lipinski definition) is 0. The van der Waals surface area contributed by atoms with E-state index in [4.69, 9.17) is 4.74 Å². The van der Waals surface area contributed by atoms with Gasteiger partial charge in [0.2, 0.25) is 0 Å². The maximum absolute atomic E-state index is 14.8. The summed E-state index contributed by atoms with van der Waals surface area (Å²) >= 11 is 0. The Kier molecular flexibility index (Phi) is 6.12. The van der Waals surface area contributed by atoms with E-state index < -0.39 is 23.4 Å². The van der Waals surface area contributed by atoms with Crippen LogP contribution in [0.1, 0.15) is 59.5 Å². The zero-order valence-electron chi connectivity index (χ0n) is 17.3.